The average Bonchev–Trinajstić information content (AvgIpc) is 2.55. The monoisotopic (exact) mass is 362 g/mol. The highest BCUT2D eigenvalue weighted by molar-refractivity contribution is 7.89. The minimum Gasteiger partial charge on any atom is -0.491 e. The molecular formula is C19H26N2O3S. The lowest BCUT2D eigenvalue weighted by Crippen LogP contribution is -2.23. The second-order valence-corrected chi connectivity index (χ2v) is 8.25. The van der Waals surface area contributed by atoms with Crippen molar-refractivity contribution < 1.29 is 13.2 Å². The van der Waals surface area contributed by atoms with E-state index in [0.717, 1.165) is 16.8 Å². The topological polar surface area (TPSA) is 58.6 Å². The van der Waals surface area contributed by atoms with Crippen LogP contribution in [0.15, 0.2) is 47.4 Å². The Labute approximate surface area is 150 Å². The van der Waals surface area contributed by atoms with Crippen molar-refractivity contribution in [2.75, 3.05) is 19.0 Å². The molecule has 0 fully saturated rings. The van der Waals surface area contributed by atoms with Crippen molar-refractivity contribution in [1.82, 2.24) is 4.72 Å². The molecule has 6 heteroatoms. The molecule has 2 rings (SSSR count). The van der Waals surface area contributed by atoms with Crippen molar-refractivity contribution in [2.45, 2.75) is 38.3 Å². The van der Waals surface area contributed by atoms with Crippen LogP contribution in [0, 0.1) is 6.92 Å². The van der Waals surface area contributed by atoms with Gasteiger partial charge in [-0.2, -0.15) is 0 Å². The number of ether oxygens (including phenoxy) is 1. The van der Waals surface area contributed by atoms with Crippen LogP contribution >= 0.6 is 0 Å². The van der Waals surface area contributed by atoms with Crippen LogP contribution in [0.2, 0.25) is 0 Å². The Hall–Kier alpha value is -2.05. The third-order valence-electron chi connectivity index (χ3n) is 3.74. The van der Waals surface area contributed by atoms with Gasteiger partial charge >= 0.3 is 0 Å². The van der Waals surface area contributed by atoms with Crippen LogP contribution in [0.3, 0.4) is 0 Å². The Kier molecular flexibility index (Phi) is 6.08. The lowest BCUT2D eigenvalue weighted by atomic mass is 10.2. The number of aryl methyl sites for hydroxylation is 1. The van der Waals surface area contributed by atoms with E-state index >= 15 is 0 Å². The molecule has 0 aliphatic rings. The minimum atomic E-state index is -3.57. The molecule has 0 saturated heterocycles. The Morgan fingerprint density at radius 1 is 1.08 bits per heavy atom. The van der Waals surface area contributed by atoms with Gasteiger partial charge in [0.25, 0.3) is 0 Å². The van der Waals surface area contributed by atoms with Crippen molar-refractivity contribution in [1.29, 1.82) is 0 Å². The van der Waals surface area contributed by atoms with Gasteiger partial charge in [-0.15, -0.1) is 0 Å². The van der Waals surface area contributed by atoms with E-state index in [1.54, 1.807) is 18.2 Å². The molecule has 0 bridgehead atoms. The maximum absolute atomic E-state index is 12.5. The predicted octanol–water partition coefficient (Wildman–Crippen LogP) is 3.33. The number of benzene rings is 2. The second kappa shape index (κ2) is 7.89. The summed E-state index contributed by atoms with van der Waals surface area (Å²) in [5, 5.41) is 0. The Bertz CT molecular complexity index is 813. The van der Waals surface area contributed by atoms with Gasteiger partial charge in [0.2, 0.25) is 10.0 Å². The van der Waals surface area contributed by atoms with Crippen molar-refractivity contribution >= 4 is 15.7 Å². The SMILES string of the molecule is Cc1cc(S(=O)(=O)NCc2ccc(N(C)C)cc2)ccc1OC(C)C. The Morgan fingerprint density at radius 3 is 2.24 bits per heavy atom. The highest BCUT2D eigenvalue weighted by atomic mass is 32.2. The zero-order chi connectivity index (χ0) is 18.6. The van der Waals surface area contributed by atoms with E-state index in [0.29, 0.717) is 5.75 Å². The summed E-state index contributed by atoms with van der Waals surface area (Å²) in [6.07, 6.45) is 0.0458. The van der Waals surface area contributed by atoms with Gasteiger partial charge in [0.1, 0.15) is 5.75 Å². The molecule has 1 N–H and O–H groups in total. The van der Waals surface area contributed by atoms with Crippen molar-refractivity contribution in [3.8, 4) is 5.75 Å². The number of rotatable bonds is 7. The Balaban J connectivity index is 2.09. The van der Waals surface area contributed by atoms with E-state index in [2.05, 4.69) is 4.72 Å². The number of nitrogens with zero attached hydrogens (tertiary/aromatic N) is 1. The first kappa shape index (κ1) is 19.3. The van der Waals surface area contributed by atoms with E-state index in [4.69, 9.17) is 4.74 Å². The maximum atomic E-state index is 12.5. The van der Waals surface area contributed by atoms with Crippen LogP contribution < -0.4 is 14.4 Å². The summed E-state index contributed by atoms with van der Waals surface area (Å²) in [5.74, 6) is 0.702. The third-order valence-corrected chi connectivity index (χ3v) is 5.14. The number of sulfonamides is 1. The third kappa shape index (κ3) is 5.21. The maximum Gasteiger partial charge on any atom is 0.240 e. The van der Waals surface area contributed by atoms with E-state index < -0.39 is 10.0 Å². The van der Waals surface area contributed by atoms with E-state index in [9.17, 15) is 8.42 Å². The average molecular weight is 362 g/mol. The molecule has 0 atom stereocenters. The standard InChI is InChI=1S/C19H26N2O3S/c1-14(2)24-19-11-10-18(12-15(19)3)25(22,23)20-13-16-6-8-17(9-7-16)21(4)5/h6-12,14,20H,13H2,1-5H3. The molecule has 5 nitrogen and oxygen atoms in total. The summed E-state index contributed by atoms with van der Waals surface area (Å²) in [7, 11) is 0.361. The number of anilines is 1. The molecule has 0 aliphatic carbocycles. The van der Waals surface area contributed by atoms with Crippen molar-refractivity contribution in [2.24, 2.45) is 0 Å². The predicted molar refractivity (Wildman–Crippen MR) is 102 cm³/mol. The number of hydrogen-bond donors (Lipinski definition) is 1. The van der Waals surface area contributed by atoms with Gasteiger partial charge in [-0.25, -0.2) is 13.1 Å². The molecule has 136 valence electrons. The number of nitrogens with one attached hydrogen (secondary N) is 1. The molecule has 0 spiro atoms. The minimum absolute atomic E-state index is 0.0458. The molecule has 0 amide bonds. The van der Waals surface area contributed by atoms with E-state index in [-0.39, 0.29) is 17.5 Å². The molecule has 2 aromatic rings. The van der Waals surface area contributed by atoms with Gasteiger partial charge < -0.3 is 9.64 Å². The molecule has 2 aromatic carbocycles. The highest BCUT2D eigenvalue weighted by Crippen LogP contribution is 2.23. The molecule has 0 unspecified atom stereocenters. The van der Waals surface area contributed by atoms with Gasteiger partial charge in [0, 0.05) is 26.3 Å². The molecule has 0 saturated carbocycles. The van der Waals surface area contributed by atoms with E-state index in [1.165, 1.54) is 0 Å². The second-order valence-electron chi connectivity index (χ2n) is 6.48. The van der Waals surface area contributed by atoms with Gasteiger partial charge in [0.15, 0.2) is 0 Å². The van der Waals surface area contributed by atoms with Crippen molar-refractivity contribution in [3.63, 3.8) is 0 Å². The zero-order valence-electron chi connectivity index (χ0n) is 15.4. The van der Waals surface area contributed by atoms with Crippen LogP contribution in [0.1, 0.15) is 25.0 Å². The highest BCUT2D eigenvalue weighted by Gasteiger charge is 2.15. The first-order valence-corrected chi connectivity index (χ1v) is 9.70. The van der Waals surface area contributed by atoms with Crippen LogP contribution in [-0.4, -0.2) is 28.6 Å². The largest absolute Gasteiger partial charge is 0.491 e. The van der Waals surface area contributed by atoms with E-state index in [1.807, 2.05) is 64.0 Å². The van der Waals surface area contributed by atoms with Gasteiger partial charge in [-0.05, 0) is 62.2 Å². The summed E-state index contributed by atoms with van der Waals surface area (Å²) in [4.78, 5) is 2.24. The molecule has 0 radical (unpaired) electrons. The number of hydrogen-bond acceptors (Lipinski definition) is 4. The lowest BCUT2D eigenvalue weighted by molar-refractivity contribution is 0.240. The van der Waals surface area contributed by atoms with Crippen LogP contribution in [0.4, 0.5) is 5.69 Å². The summed E-state index contributed by atoms with van der Waals surface area (Å²) < 4.78 is 33.3. The summed E-state index contributed by atoms with van der Waals surface area (Å²) in [5.41, 5.74) is 2.78. The van der Waals surface area contributed by atoms with Crippen molar-refractivity contribution in [3.05, 3.63) is 53.6 Å². The first-order valence-electron chi connectivity index (χ1n) is 8.22. The molecule has 25 heavy (non-hydrogen) atoms. The quantitative estimate of drug-likeness (QED) is 0.821. The van der Waals surface area contributed by atoms with Gasteiger partial charge in [0.05, 0.1) is 11.0 Å². The molecule has 0 heterocycles. The normalized spacial score (nSPS) is 11.6. The molecular weight excluding hydrogens is 336 g/mol. The smallest absolute Gasteiger partial charge is 0.240 e. The summed E-state index contributed by atoms with van der Waals surface area (Å²) >= 11 is 0. The first-order chi connectivity index (χ1) is 11.7. The lowest BCUT2D eigenvalue weighted by Gasteiger charge is -2.14. The van der Waals surface area contributed by atoms with Crippen LogP contribution in [0.5, 0.6) is 5.75 Å². The zero-order valence-corrected chi connectivity index (χ0v) is 16.2. The summed E-state index contributed by atoms with van der Waals surface area (Å²) in [6.45, 7) is 5.97. The van der Waals surface area contributed by atoms with Crippen LogP contribution in [0.25, 0.3) is 0 Å². The van der Waals surface area contributed by atoms with Gasteiger partial charge in [-0.3, -0.25) is 0 Å². The fourth-order valence-corrected chi connectivity index (χ4v) is 3.45. The fourth-order valence-electron chi connectivity index (χ4n) is 2.35. The summed E-state index contributed by atoms with van der Waals surface area (Å²) in [6, 6.07) is 12.7. The molecule has 0 aliphatic heterocycles. The van der Waals surface area contributed by atoms with Gasteiger partial charge in [-0.1, -0.05) is 12.1 Å². The fraction of sp³-hybridized carbons (Fsp3) is 0.368. The Morgan fingerprint density at radius 2 is 1.72 bits per heavy atom. The van der Waals surface area contributed by atoms with Crippen LogP contribution in [-0.2, 0) is 16.6 Å². The molecule has 0 aromatic heterocycles.